The zero-order valence-electron chi connectivity index (χ0n) is 18.0. The highest BCUT2D eigenvalue weighted by atomic mass is 35.5. The number of nitrogens with one attached hydrogen (secondary N) is 1. The minimum Gasteiger partial charge on any atom is -0.502 e. The van der Waals surface area contributed by atoms with Crippen molar-refractivity contribution in [1.29, 1.82) is 0 Å². The molecule has 2 N–H and O–H groups in total. The first-order valence-corrected chi connectivity index (χ1v) is 10.9. The van der Waals surface area contributed by atoms with Crippen LogP contribution in [0.1, 0.15) is 33.6 Å². The van der Waals surface area contributed by atoms with Gasteiger partial charge in [0.25, 0.3) is 11.5 Å². The molecule has 0 spiro atoms. The van der Waals surface area contributed by atoms with Gasteiger partial charge in [0, 0.05) is 24.8 Å². The van der Waals surface area contributed by atoms with Crippen LogP contribution in [0.2, 0.25) is 10.0 Å². The number of aryl methyl sites for hydroxylation is 1. The zero-order chi connectivity index (χ0) is 24.3. The maximum atomic E-state index is 14.1. The molecule has 0 fully saturated rings. The third-order valence-electron chi connectivity index (χ3n) is 5.40. The number of benzene rings is 2. The van der Waals surface area contributed by atoms with Gasteiger partial charge in [-0.15, -0.1) is 0 Å². The molecule has 0 unspecified atom stereocenters. The van der Waals surface area contributed by atoms with E-state index in [2.05, 4.69) is 5.32 Å². The van der Waals surface area contributed by atoms with E-state index in [1.807, 2.05) is 6.07 Å². The van der Waals surface area contributed by atoms with E-state index in [1.165, 1.54) is 13.1 Å². The molecule has 5 nitrogen and oxygen atoms in total. The summed E-state index contributed by atoms with van der Waals surface area (Å²) < 4.78 is 28.5. The van der Waals surface area contributed by atoms with Crippen molar-refractivity contribution in [3.8, 4) is 16.9 Å². The number of rotatable bonds is 7. The maximum absolute atomic E-state index is 14.1. The molecule has 0 atom stereocenters. The minimum absolute atomic E-state index is 0.0747. The van der Waals surface area contributed by atoms with Crippen molar-refractivity contribution in [2.75, 3.05) is 6.54 Å². The number of aromatic hydroxyl groups is 1. The summed E-state index contributed by atoms with van der Waals surface area (Å²) in [6, 6.07) is 8.82. The van der Waals surface area contributed by atoms with Gasteiger partial charge >= 0.3 is 0 Å². The average molecular weight is 495 g/mol. The predicted octanol–water partition coefficient (Wildman–Crippen LogP) is 5.34. The van der Waals surface area contributed by atoms with Gasteiger partial charge in [0.05, 0.1) is 15.6 Å². The molecule has 1 amide bonds. The van der Waals surface area contributed by atoms with Gasteiger partial charge < -0.3 is 15.0 Å². The second-order valence-corrected chi connectivity index (χ2v) is 8.45. The van der Waals surface area contributed by atoms with Crippen molar-refractivity contribution in [2.24, 2.45) is 7.05 Å². The SMILES string of the molecule is Cc1c(-c2cc(F)cc(CF)c2)c(C(=O)NCCCc2ccc(Cl)c(Cl)c2)c(O)c(=O)n1C. The zero-order valence-corrected chi connectivity index (χ0v) is 19.5. The number of halogens is 4. The molecule has 3 aromatic rings. The summed E-state index contributed by atoms with van der Waals surface area (Å²) in [5, 5.41) is 14.1. The normalized spacial score (nSPS) is 11.0. The topological polar surface area (TPSA) is 71.3 Å². The molecule has 0 saturated heterocycles. The Morgan fingerprint density at radius 3 is 2.52 bits per heavy atom. The molecule has 2 aromatic carbocycles. The second kappa shape index (κ2) is 10.4. The van der Waals surface area contributed by atoms with Crippen molar-refractivity contribution < 1.29 is 18.7 Å². The number of carbonyl (C=O) groups is 1. The fourth-order valence-corrected chi connectivity index (χ4v) is 3.93. The molecule has 0 aliphatic heterocycles. The largest absolute Gasteiger partial charge is 0.502 e. The molecule has 33 heavy (non-hydrogen) atoms. The number of pyridine rings is 1. The summed E-state index contributed by atoms with van der Waals surface area (Å²) in [5.74, 6) is -2.14. The lowest BCUT2D eigenvalue weighted by atomic mass is 9.95. The van der Waals surface area contributed by atoms with Gasteiger partial charge in [-0.25, -0.2) is 8.78 Å². The Hall–Kier alpha value is -2.90. The average Bonchev–Trinajstić information content (AvgIpc) is 2.79. The number of carbonyl (C=O) groups excluding carboxylic acids is 1. The monoisotopic (exact) mass is 494 g/mol. The summed E-state index contributed by atoms with van der Waals surface area (Å²) in [6.45, 7) is 0.903. The quantitative estimate of drug-likeness (QED) is 0.435. The van der Waals surface area contributed by atoms with E-state index in [0.29, 0.717) is 28.6 Å². The van der Waals surface area contributed by atoms with Gasteiger partial charge in [-0.05, 0) is 66.8 Å². The van der Waals surface area contributed by atoms with Crippen LogP contribution in [-0.2, 0) is 20.1 Å². The van der Waals surface area contributed by atoms with Crippen molar-refractivity contribution in [3.63, 3.8) is 0 Å². The molecule has 3 rings (SSSR count). The van der Waals surface area contributed by atoms with Gasteiger partial charge in [0.15, 0.2) is 5.75 Å². The number of alkyl halides is 1. The molecular weight excluding hydrogens is 473 g/mol. The van der Waals surface area contributed by atoms with Crippen LogP contribution < -0.4 is 10.9 Å². The van der Waals surface area contributed by atoms with E-state index in [0.717, 1.165) is 22.3 Å². The molecule has 0 aliphatic rings. The molecule has 9 heteroatoms. The van der Waals surface area contributed by atoms with Crippen LogP contribution in [0.5, 0.6) is 5.75 Å². The molecule has 0 saturated carbocycles. The highest BCUT2D eigenvalue weighted by Crippen LogP contribution is 2.32. The Bertz CT molecular complexity index is 1280. The van der Waals surface area contributed by atoms with E-state index in [9.17, 15) is 23.5 Å². The van der Waals surface area contributed by atoms with E-state index in [-0.39, 0.29) is 28.8 Å². The smallest absolute Gasteiger partial charge is 0.293 e. The lowest BCUT2D eigenvalue weighted by Crippen LogP contribution is -2.30. The highest BCUT2D eigenvalue weighted by molar-refractivity contribution is 6.42. The fraction of sp³-hybridized carbons (Fsp3) is 0.250. The van der Waals surface area contributed by atoms with Crippen LogP contribution in [0.15, 0.2) is 41.2 Å². The lowest BCUT2D eigenvalue weighted by molar-refractivity contribution is 0.0950. The molecule has 174 valence electrons. The minimum atomic E-state index is -0.905. The Kier molecular flexibility index (Phi) is 7.76. The number of hydrogen-bond acceptors (Lipinski definition) is 3. The highest BCUT2D eigenvalue weighted by Gasteiger charge is 2.25. The summed E-state index contributed by atoms with van der Waals surface area (Å²) in [7, 11) is 1.43. The Morgan fingerprint density at radius 1 is 1.12 bits per heavy atom. The summed E-state index contributed by atoms with van der Waals surface area (Å²) >= 11 is 11.9. The molecule has 1 aromatic heterocycles. The van der Waals surface area contributed by atoms with Crippen LogP contribution >= 0.6 is 23.2 Å². The third-order valence-corrected chi connectivity index (χ3v) is 6.14. The number of aromatic nitrogens is 1. The Labute approximate surface area is 199 Å². The molecular formula is C24H22Cl2F2N2O3. The van der Waals surface area contributed by atoms with Crippen molar-refractivity contribution >= 4 is 29.1 Å². The van der Waals surface area contributed by atoms with Gasteiger partial charge in [-0.3, -0.25) is 9.59 Å². The molecule has 0 bridgehead atoms. The first-order valence-electron chi connectivity index (χ1n) is 10.1. The molecule has 0 aliphatic carbocycles. The van der Waals surface area contributed by atoms with E-state index >= 15 is 0 Å². The number of nitrogens with zero attached hydrogens (tertiary/aromatic N) is 1. The Balaban J connectivity index is 1.90. The van der Waals surface area contributed by atoms with Crippen molar-refractivity contribution in [3.05, 3.63) is 85.0 Å². The lowest BCUT2D eigenvalue weighted by Gasteiger charge is -2.18. The third kappa shape index (κ3) is 5.37. The van der Waals surface area contributed by atoms with Crippen molar-refractivity contribution in [1.82, 2.24) is 9.88 Å². The van der Waals surface area contributed by atoms with E-state index < -0.39 is 29.7 Å². The van der Waals surface area contributed by atoms with Gasteiger partial charge in [0.2, 0.25) is 0 Å². The van der Waals surface area contributed by atoms with Crippen molar-refractivity contribution in [2.45, 2.75) is 26.4 Å². The molecule has 1 heterocycles. The maximum Gasteiger partial charge on any atom is 0.293 e. The van der Waals surface area contributed by atoms with Crippen LogP contribution in [0, 0.1) is 12.7 Å². The summed E-state index contributed by atoms with van der Waals surface area (Å²) in [6.07, 6.45) is 1.16. The first-order chi connectivity index (χ1) is 15.6. The Morgan fingerprint density at radius 2 is 1.85 bits per heavy atom. The van der Waals surface area contributed by atoms with Crippen LogP contribution in [0.3, 0.4) is 0 Å². The van der Waals surface area contributed by atoms with Gasteiger partial charge in [-0.2, -0.15) is 0 Å². The van der Waals surface area contributed by atoms with Crippen LogP contribution in [-0.4, -0.2) is 22.1 Å². The number of amides is 1. The van der Waals surface area contributed by atoms with Crippen LogP contribution in [0.25, 0.3) is 11.1 Å². The van der Waals surface area contributed by atoms with Gasteiger partial charge in [0.1, 0.15) is 12.5 Å². The number of hydrogen-bond donors (Lipinski definition) is 2. The summed E-state index contributed by atoms with van der Waals surface area (Å²) in [4.78, 5) is 25.4. The standard InChI is InChI=1S/C24H22Cl2F2N2O3/c1-13-20(16-8-15(12-27)9-17(28)11-16)21(22(31)24(33)30(13)2)23(32)29-7-3-4-14-5-6-18(25)19(26)10-14/h5-6,8-11,31H,3-4,7,12H2,1-2H3,(H,29,32). The van der Waals surface area contributed by atoms with Gasteiger partial charge in [-0.1, -0.05) is 29.3 Å². The fourth-order valence-electron chi connectivity index (χ4n) is 3.61. The molecule has 0 radical (unpaired) electrons. The van der Waals surface area contributed by atoms with E-state index in [1.54, 1.807) is 19.1 Å². The van der Waals surface area contributed by atoms with Crippen LogP contribution in [0.4, 0.5) is 8.78 Å². The predicted molar refractivity (Wildman–Crippen MR) is 125 cm³/mol. The van der Waals surface area contributed by atoms with E-state index in [4.69, 9.17) is 23.2 Å². The second-order valence-electron chi connectivity index (χ2n) is 7.64. The summed E-state index contributed by atoms with van der Waals surface area (Å²) in [5.41, 5.74) is 0.641. The first kappa shape index (κ1) is 24.7.